The average molecular weight is 549 g/mol. The van der Waals surface area contributed by atoms with Crippen LogP contribution in [0.1, 0.15) is 142 Å². The van der Waals surface area contributed by atoms with Crippen LogP contribution in [-0.4, -0.2) is 0 Å². The Hall–Kier alpha value is -2.34. The van der Waals surface area contributed by atoms with E-state index in [2.05, 4.69) is 171 Å². The number of hydrogen-bond acceptors (Lipinski definition) is 0. The van der Waals surface area contributed by atoms with Gasteiger partial charge in [-0.05, 0) is 84.2 Å². The zero-order valence-corrected chi connectivity index (χ0v) is 28.0. The molecule has 0 saturated heterocycles. The summed E-state index contributed by atoms with van der Waals surface area (Å²) < 4.78 is 0. The van der Waals surface area contributed by atoms with Crippen molar-refractivity contribution in [2.24, 2.45) is 0 Å². The third-order valence-corrected chi connectivity index (χ3v) is 6.63. The maximum Gasteiger partial charge on any atom is -0.0132 e. The minimum absolute atomic E-state index is 0. The fraction of sp³-hybridized carbons (Fsp3) is 0.550. The predicted octanol–water partition coefficient (Wildman–Crippen LogP) is 13.2. The Morgan fingerprint density at radius 2 is 0.650 bits per heavy atom. The molecule has 0 heterocycles. The highest BCUT2D eigenvalue weighted by atomic mass is 14.2. The van der Waals surface area contributed by atoms with E-state index in [0.717, 1.165) is 0 Å². The van der Waals surface area contributed by atoms with Crippen LogP contribution >= 0.6 is 0 Å². The lowest BCUT2D eigenvalue weighted by molar-refractivity contribution is 0.589. The monoisotopic (exact) mass is 549 g/mol. The lowest BCUT2D eigenvalue weighted by Gasteiger charge is -2.21. The van der Waals surface area contributed by atoms with Gasteiger partial charge < -0.3 is 0 Å². The highest BCUT2D eigenvalue weighted by molar-refractivity contribution is 5.39. The van der Waals surface area contributed by atoms with Crippen LogP contribution in [0.4, 0.5) is 0 Å². The van der Waals surface area contributed by atoms with E-state index in [1.54, 1.807) is 0 Å². The van der Waals surface area contributed by atoms with Gasteiger partial charge in [0.15, 0.2) is 0 Å². The third kappa shape index (κ3) is 16.1. The molecule has 3 aromatic rings. The molecule has 0 aliphatic rings. The van der Waals surface area contributed by atoms with Gasteiger partial charge in [0.25, 0.3) is 0 Å². The molecule has 0 N–H and O–H groups in total. The Kier molecular flexibility index (Phi) is 19.1. The molecule has 0 aliphatic heterocycles. The highest BCUT2D eigenvalue weighted by Crippen LogP contribution is 2.26. The molecular formula is C40H68. The molecule has 0 amide bonds. The number of aryl methyl sites for hydroxylation is 4. The highest BCUT2D eigenvalue weighted by Gasteiger charge is 2.15. The summed E-state index contributed by atoms with van der Waals surface area (Å²) in [7, 11) is 0. The topological polar surface area (TPSA) is 0 Å². The SMILES string of the molecule is C.C.CCC.Cc1cc(C(C)(C)C)cc(C)c1C.Cc1ccc(C(C)(C)C)cc1.Cc1ccc(C(C)(C)C)cc1. The maximum absolute atomic E-state index is 2.31. The van der Waals surface area contributed by atoms with Gasteiger partial charge in [0, 0.05) is 0 Å². The summed E-state index contributed by atoms with van der Waals surface area (Å²) in [4.78, 5) is 0. The van der Waals surface area contributed by atoms with Crippen LogP contribution in [0.25, 0.3) is 0 Å². The van der Waals surface area contributed by atoms with Crippen LogP contribution < -0.4 is 0 Å². The molecule has 0 heteroatoms. The molecular weight excluding hydrogens is 480 g/mol. The predicted molar refractivity (Wildman–Crippen MR) is 189 cm³/mol. The van der Waals surface area contributed by atoms with E-state index in [0.29, 0.717) is 0 Å². The Morgan fingerprint density at radius 3 is 0.850 bits per heavy atom. The Morgan fingerprint density at radius 1 is 0.425 bits per heavy atom. The minimum Gasteiger partial charge on any atom is -0.0776 e. The largest absolute Gasteiger partial charge is 0.0776 e. The van der Waals surface area contributed by atoms with Gasteiger partial charge in [-0.25, -0.2) is 0 Å². The third-order valence-electron chi connectivity index (χ3n) is 6.63. The zero-order valence-electron chi connectivity index (χ0n) is 28.0. The first-order chi connectivity index (χ1) is 17.2. The summed E-state index contributed by atoms with van der Waals surface area (Å²) >= 11 is 0. The van der Waals surface area contributed by atoms with Crippen molar-refractivity contribution in [3.8, 4) is 0 Å². The molecule has 3 aromatic carbocycles. The normalized spacial score (nSPS) is 10.7. The van der Waals surface area contributed by atoms with E-state index in [1.807, 2.05) is 0 Å². The Balaban J connectivity index is -0.000000479. The Bertz CT molecular complexity index is 979. The van der Waals surface area contributed by atoms with E-state index in [1.165, 1.54) is 50.9 Å². The van der Waals surface area contributed by atoms with Gasteiger partial charge in [0.1, 0.15) is 0 Å². The van der Waals surface area contributed by atoms with E-state index in [-0.39, 0.29) is 31.1 Å². The smallest absolute Gasteiger partial charge is 0.0132 e. The quantitative estimate of drug-likeness (QED) is 0.262. The van der Waals surface area contributed by atoms with Crippen LogP contribution in [0.3, 0.4) is 0 Å². The number of hydrogen-bond donors (Lipinski definition) is 0. The molecule has 0 spiro atoms. The minimum atomic E-state index is 0. The first-order valence-electron chi connectivity index (χ1n) is 14.5. The summed E-state index contributed by atoms with van der Waals surface area (Å²) in [6.45, 7) is 35.2. The fourth-order valence-electron chi connectivity index (χ4n) is 3.58. The van der Waals surface area contributed by atoms with Crippen LogP contribution in [0, 0.1) is 34.6 Å². The molecule has 40 heavy (non-hydrogen) atoms. The van der Waals surface area contributed by atoms with E-state index >= 15 is 0 Å². The number of benzene rings is 3. The number of rotatable bonds is 0. The summed E-state index contributed by atoms with van der Waals surface area (Å²) in [6, 6.07) is 22.1. The van der Waals surface area contributed by atoms with Crippen molar-refractivity contribution in [2.75, 3.05) is 0 Å². The van der Waals surface area contributed by atoms with Gasteiger partial charge in [0.2, 0.25) is 0 Å². The standard InChI is InChI=1S/C13H20.2C11H16.C3H8.2CH4/c1-9-7-12(13(4,5)6)8-10(2)11(9)3;2*1-9-5-7-10(8-6-9)11(2,3)4;1-3-2;;/h7-8H,1-6H3;2*5-8H,1-4H3;3H2,1-2H3;2*1H4. The lowest BCUT2D eigenvalue weighted by atomic mass is 9.84. The van der Waals surface area contributed by atoms with Crippen molar-refractivity contribution in [1.82, 2.24) is 0 Å². The van der Waals surface area contributed by atoms with Gasteiger partial charge in [-0.2, -0.15) is 0 Å². The molecule has 0 radical (unpaired) electrons. The first kappa shape index (κ1) is 42.1. The fourth-order valence-corrected chi connectivity index (χ4v) is 3.58. The van der Waals surface area contributed by atoms with Crippen molar-refractivity contribution in [2.45, 2.75) is 148 Å². The van der Waals surface area contributed by atoms with Gasteiger partial charge >= 0.3 is 0 Å². The van der Waals surface area contributed by atoms with Crippen molar-refractivity contribution < 1.29 is 0 Å². The molecule has 0 atom stereocenters. The second kappa shape index (κ2) is 18.2. The molecule has 0 nitrogen and oxygen atoms in total. The second-order valence-corrected chi connectivity index (χ2v) is 13.9. The van der Waals surface area contributed by atoms with E-state index in [9.17, 15) is 0 Å². The van der Waals surface area contributed by atoms with Crippen LogP contribution in [-0.2, 0) is 16.2 Å². The van der Waals surface area contributed by atoms with Gasteiger partial charge in [-0.3, -0.25) is 0 Å². The first-order valence-corrected chi connectivity index (χ1v) is 14.5. The van der Waals surface area contributed by atoms with Crippen molar-refractivity contribution in [1.29, 1.82) is 0 Å². The second-order valence-electron chi connectivity index (χ2n) is 13.9. The van der Waals surface area contributed by atoms with Crippen LogP contribution in [0.5, 0.6) is 0 Å². The van der Waals surface area contributed by atoms with E-state index < -0.39 is 0 Å². The molecule has 0 aromatic heterocycles. The molecule has 3 rings (SSSR count). The molecule has 0 bridgehead atoms. The van der Waals surface area contributed by atoms with Crippen molar-refractivity contribution >= 4 is 0 Å². The van der Waals surface area contributed by atoms with Gasteiger partial charge in [-0.15, -0.1) is 0 Å². The summed E-state index contributed by atoms with van der Waals surface area (Å²) in [6.07, 6.45) is 1.25. The van der Waals surface area contributed by atoms with Crippen LogP contribution in [0.15, 0.2) is 60.7 Å². The average Bonchev–Trinajstić information content (AvgIpc) is 2.77. The Labute approximate surface area is 253 Å². The van der Waals surface area contributed by atoms with E-state index in [4.69, 9.17) is 0 Å². The van der Waals surface area contributed by atoms with Crippen molar-refractivity contribution in [3.05, 3.63) is 105 Å². The summed E-state index contributed by atoms with van der Waals surface area (Å²) in [5.41, 5.74) is 12.0. The van der Waals surface area contributed by atoms with Gasteiger partial charge in [-0.1, -0.05) is 169 Å². The zero-order chi connectivity index (χ0) is 29.9. The maximum atomic E-state index is 2.31. The summed E-state index contributed by atoms with van der Waals surface area (Å²) in [5.74, 6) is 0. The lowest BCUT2D eigenvalue weighted by Crippen LogP contribution is -2.12. The molecule has 0 aliphatic carbocycles. The molecule has 228 valence electrons. The van der Waals surface area contributed by atoms with Crippen LogP contribution in [0.2, 0.25) is 0 Å². The van der Waals surface area contributed by atoms with Crippen molar-refractivity contribution in [3.63, 3.8) is 0 Å². The van der Waals surface area contributed by atoms with Gasteiger partial charge in [0.05, 0.1) is 0 Å². The molecule has 0 saturated carbocycles. The molecule has 0 fully saturated rings. The molecule has 0 unspecified atom stereocenters. The summed E-state index contributed by atoms with van der Waals surface area (Å²) in [5, 5.41) is 0.